The summed E-state index contributed by atoms with van der Waals surface area (Å²) in [7, 11) is 3.52. The molecular weight excluding hydrogens is 154 g/mol. The molecular formula is C8H19N3O. The third kappa shape index (κ3) is 5.09. The largest absolute Gasteiger partial charge is 0.349 e. The average molecular weight is 173 g/mol. The molecule has 0 spiro atoms. The lowest BCUT2D eigenvalue weighted by Gasteiger charge is -2.13. The fourth-order valence-corrected chi connectivity index (χ4v) is 0.732. The van der Waals surface area contributed by atoms with Gasteiger partial charge in [-0.05, 0) is 6.92 Å². The molecule has 4 heteroatoms. The van der Waals surface area contributed by atoms with E-state index < -0.39 is 0 Å². The molecule has 0 saturated carbocycles. The molecule has 0 aliphatic rings. The van der Waals surface area contributed by atoms with Crippen LogP contribution in [0.25, 0.3) is 0 Å². The van der Waals surface area contributed by atoms with Crippen molar-refractivity contribution in [2.45, 2.75) is 19.4 Å². The molecule has 0 radical (unpaired) electrons. The van der Waals surface area contributed by atoms with E-state index in [0.29, 0.717) is 25.6 Å². The summed E-state index contributed by atoms with van der Waals surface area (Å²) in [6, 6.07) is 0.292. The van der Waals surface area contributed by atoms with Gasteiger partial charge in [-0.15, -0.1) is 0 Å². The molecule has 0 bridgehead atoms. The number of nitrogens with zero attached hydrogens (tertiary/aromatic N) is 1. The number of rotatable bonds is 5. The van der Waals surface area contributed by atoms with Gasteiger partial charge in [-0.3, -0.25) is 4.79 Å². The number of hydrogen-bond donors (Lipinski definition) is 2. The fourth-order valence-electron chi connectivity index (χ4n) is 0.732. The highest BCUT2D eigenvalue weighted by Crippen LogP contribution is 1.86. The highest BCUT2D eigenvalue weighted by Gasteiger charge is 2.03. The number of carbonyl (C=O) groups is 1. The average Bonchev–Trinajstić information content (AvgIpc) is 2.03. The first kappa shape index (κ1) is 11.4. The van der Waals surface area contributed by atoms with Gasteiger partial charge < -0.3 is 16.0 Å². The number of nitrogens with two attached hydrogens (primary N) is 1. The van der Waals surface area contributed by atoms with Gasteiger partial charge in [0, 0.05) is 39.6 Å². The first-order valence-electron chi connectivity index (χ1n) is 4.21. The summed E-state index contributed by atoms with van der Waals surface area (Å²) < 4.78 is 0. The van der Waals surface area contributed by atoms with Gasteiger partial charge in [0.2, 0.25) is 5.91 Å². The Morgan fingerprint density at radius 3 is 2.58 bits per heavy atom. The third-order valence-corrected chi connectivity index (χ3v) is 1.68. The Balaban J connectivity index is 3.37. The van der Waals surface area contributed by atoms with Crippen molar-refractivity contribution >= 4 is 5.91 Å². The first-order valence-corrected chi connectivity index (χ1v) is 4.21. The highest BCUT2D eigenvalue weighted by molar-refractivity contribution is 5.75. The molecule has 1 unspecified atom stereocenters. The van der Waals surface area contributed by atoms with E-state index in [2.05, 4.69) is 5.32 Å². The van der Waals surface area contributed by atoms with Gasteiger partial charge in [-0.1, -0.05) is 0 Å². The van der Waals surface area contributed by atoms with Crippen LogP contribution in [0.2, 0.25) is 0 Å². The molecule has 72 valence electrons. The maximum Gasteiger partial charge on any atom is 0.223 e. The second-order valence-corrected chi connectivity index (χ2v) is 3.13. The van der Waals surface area contributed by atoms with Gasteiger partial charge in [0.1, 0.15) is 0 Å². The minimum absolute atomic E-state index is 0.145. The van der Waals surface area contributed by atoms with Crippen LogP contribution >= 0.6 is 0 Å². The van der Waals surface area contributed by atoms with Crippen molar-refractivity contribution in [1.82, 2.24) is 10.2 Å². The molecule has 3 N–H and O–H groups in total. The number of nitrogens with one attached hydrogen (secondary N) is 1. The molecule has 1 atom stereocenters. The molecule has 12 heavy (non-hydrogen) atoms. The van der Waals surface area contributed by atoms with Crippen LogP contribution in [-0.2, 0) is 4.79 Å². The van der Waals surface area contributed by atoms with Crippen LogP contribution in [0.15, 0.2) is 0 Å². The molecule has 0 aliphatic carbocycles. The molecule has 0 aromatic rings. The minimum atomic E-state index is 0.145. The van der Waals surface area contributed by atoms with E-state index in [-0.39, 0.29) is 5.91 Å². The van der Waals surface area contributed by atoms with Crippen LogP contribution in [0.4, 0.5) is 0 Å². The van der Waals surface area contributed by atoms with E-state index in [4.69, 9.17) is 5.73 Å². The van der Waals surface area contributed by atoms with Crippen LogP contribution in [0.1, 0.15) is 13.3 Å². The van der Waals surface area contributed by atoms with Gasteiger partial charge in [0.05, 0.1) is 0 Å². The summed E-state index contributed by atoms with van der Waals surface area (Å²) in [6.45, 7) is 3.31. The van der Waals surface area contributed by atoms with E-state index >= 15 is 0 Å². The zero-order valence-corrected chi connectivity index (χ0v) is 8.13. The Morgan fingerprint density at radius 1 is 1.58 bits per heavy atom. The number of hydrogen-bond acceptors (Lipinski definition) is 3. The van der Waals surface area contributed by atoms with Crippen LogP contribution in [0.3, 0.4) is 0 Å². The lowest BCUT2D eigenvalue weighted by atomic mass is 10.3. The fraction of sp³-hybridized carbons (Fsp3) is 0.875. The van der Waals surface area contributed by atoms with Gasteiger partial charge in [-0.25, -0.2) is 0 Å². The SMILES string of the molecule is CC(CN)NCCC(=O)N(C)C. The lowest BCUT2D eigenvalue weighted by Crippen LogP contribution is -2.36. The standard InChI is InChI=1S/C8H19N3O/c1-7(6-9)10-5-4-8(12)11(2)3/h7,10H,4-6,9H2,1-3H3. The van der Waals surface area contributed by atoms with Crippen molar-refractivity contribution in [2.75, 3.05) is 27.2 Å². The molecule has 0 saturated heterocycles. The Morgan fingerprint density at radius 2 is 2.17 bits per heavy atom. The normalized spacial score (nSPS) is 12.7. The van der Waals surface area contributed by atoms with Crippen LogP contribution < -0.4 is 11.1 Å². The van der Waals surface area contributed by atoms with E-state index in [1.165, 1.54) is 0 Å². The van der Waals surface area contributed by atoms with Gasteiger partial charge in [0.25, 0.3) is 0 Å². The Hall–Kier alpha value is -0.610. The molecule has 4 nitrogen and oxygen atoms in total. The van der Waals surface area contributed by atoms with Crippen molar-refractivity contribution in [2.24, 2.45) is 5.73 Å². The van der Waals surface area contributed by atoms with Gasteiger partial charge >= 0.3 is 0 Å². The topological polar surface area (TPSA) is 58.4 Å². The molecule has 0 aromatic carbocycles. The smallest absolute Gasteiger partial charge is 0.223 e. The number of carbonyl (C=O) groups excluding carboxylic acids is 1. The monoisotopic (exact) mass is 173 g/mol. The third-order valence-electron chi connectivity index (χ3n) is 1.68. The zero-order valence-electron chi connectivity index (χ0n) is 8.13. The Bertz CT molecular complexity index is 136. The quantitative estimate of drug-likeness (QED) is 0.584. The highest BCUT2D eigenvalue weighted by atomic mass is 16.2. The summed E-state index contributed by atoms with van der Waals surface area (Å²) in [4.78, 5) is 12.7. The minimum Gasteiger partial charge on any atom is -0.349 e. The van der Waals surface area contributed by atoms with Crippen molar-refractivity contribution < 1.29 is 4.79 Å². The van der Waals surface area contributed by atoms with E-state index in [1.54, 1.807) is 19.0 Å². The molecule has 1 amide bonds. The molecule has 0 fully saturated rings. The Labute approximate surface area is 74.1 Å². The second kappa shape index (κ2) is 5.97. The molecule has 0 rings (SSSR count). The molecule has 0 heterocycles. The summed E-state index contributed by atoms with van der Waals surface area (Å²) in [5.41, 5.74) is 5.39. The van der Waals surface area contributed by atoms with Crippen LogP contribution in [0, 0.1) is 0 Å². The van der Waals surface area contributed by atoms with E-state index in [1.807, 2.05) is 6.92 Å². The first-order chi connectivity index (χ1) is 5.57. The van der Waals surface area contributed by atoms with Crippen molar-refractivity contribution in [3.8, 4) is 0 Å². The van der Waals surface area contributed by atoms with Crippen LogP contribution in [-0.4, -0.2) is 44.0 Å². The summed E-state index contributed by atoms with van der Waals surface area (Å²) in [6.07, 6.45) is 0.539. The maximum absolute atomic E-state index is 11.1. The summed E-state index contributed by atoms with van der Waals surface area (Å²) in [5.74, 6) is 0.145. The van der Waals surface area contributed by atoms with Gasteiger partial charge in [0.15, 0.2) is 0 Å². The lowest BCUT2D eigenvalue weighted by molar-refractivity contribution is -0.128. The van der Waals surface area contributed by atoms with Crippen molar-refractivity contribution in [3.63, 3.8) is 0 Å². The maximum atomic E-state index is 11.1. The predicted octanol–water partition coefficient (Wildman–Crippen LogP) is -0.598. The van der Waals surface area contributed by atoms with E-state index in [0.717, 1.165) is 0 Å². The van der Waals surface area contributed by atoms with Crippen molar-refractivity contribution in [1.29, 1.82) is 0 Å². The van der Waals surface area contributed by atoms with Crippen LogP contribution in [0.5, 0.6) is 0 Å². The molecule has 0 aliphatic heterocycles. The zero-order chi connectivity index (χ0) is 9.56. The second-order valence-electron chi connectivity index (χ2n) is 3.13. The van der Waals surface area contributed by atoms with Gasteiger partial charge in [-0.2, -0.15) is 0 Å². The Kier molecular flexibility index (Phi) is 5.66. The summed E-state index contributed by atoms with van der Waals surface area (Å²) >= 11 is 0. The summed E-state index contributed by atoms with van der Waals surface area (Å²) in [5, 5.41) is 3.15. The van der Waals surface area contributed by atoms with Crippen molar-refractivity contribution in [3.05, 3.63) is 0 Å². The molecule has 0 aromatic heterocycles. The predicted molar refractivity (Wildman–Crippen MR) is 49.8 cm³/mol. The number of amides is 1. The van der Waals surface area contributed by atoms with E-state index in [9.17, 15) is 4.79 Å².